The molecule has 0 aromatic heterocycles. The van der Waals surface area contributed by atoms with Crippen LogP contribution in [0.3, 0.4) is 0 Å². The zero-order valence-electron chi connectivity index (χ0n) is 10.9. The molecule has 1 atom stereocenters. The van der Waals surface area contributed by atoms with Gasteiger partial charge in [-0.05, 0) is 43.0 Å². The van der Waals surface area contributed by atoms with Crippen molar-refractivity contribution in [3.63, 3.8) is 0 Å². The molecule has 0 amide bonds. The van der Waals surface area contributed by atoms with E-state index in [2.05, 4.69) is 0 Å². The molecule has 0 spiro atoms. The van der Waals surface area contributed by atoms with Gasteiger partial charge >= 0.3 is 0 Å². The van der Waals surface area contributed by atoms with Gasteiger partial charge in [-0.1, -0.05) is 25.3 Å². The summed E-state index contributed by atoms with van der Waals surface area (Å²) in [6.45, 7) is 1.92. The molecule has 1 nitrogen and oxygen atoms in total. The summed E-state index contributed by atoms with van der Waals surface area (Å²) < 4.78 is 13.2. The lowest BCUT2D eigenvalue weighted by Gasteiger charge is -2.22. The first-order valence-electron chi connectivity index (χ1n) is 6.72. The van der Waals surface area contributed by atoms with Crippen molar-refractivity contribution in [3.05, 3.63) is 35.1 Å². The average Bonchev–Trinajstić information content (AvgIpc) is 2.40. The van der Waals surface area contributed by atoms with Crippen LogP contribution >= 0.6 is 11.8 Å². The Balaban J connectivity index is 1.90. The summed E-state index contributed by atoms with van der Waals surface area (Å²) in [6, 6.07) is 4.64. The minimum atomic E-state index is -0.548. The standard InChI is InChI=1S/C15H21FOS/c1-11-7-8-12(16)9-14(11)15(17)10-18-13-5-3-2-4-6-13/h7-9,13,15,17H,2-6,10H2,1H3. The van der Waals surface area contributed by atoms with E-state index in [1.54, 1.807) is 6.07 Å². The van der Waals surface area contributed by atoms with Crippen LogP contribution in [0.4, 0.5) is 4.39 Å². The van der Waals surface area contributed by atoms with Crippen molar-refractivity contribution >= 4 is 11.8 Å². The normalized spacial score (nSPS) is 18.8. The first kappa shape index (κ1) is 13.9. The lowest BCUT2D eigenvalue weighted by molar-refractivity contribution is 0.202. The smallest absolute Gasteiger partial charge is 0.123 e. The maximum Gasteiger partial charge on any atom is 0.123 e. The van der Waals surface area contributed by atoms with Gasteiger partial charge in [-0.15, -0.1) is 0 Å². The van der Waals surface area contributed by atoms with Crippen LogP contribution < -0.4 is 0 Å². The Morgan fingerprint density at radius 2 is 2.06 bits per heavy atom. The van der Waals surface area contributed by atoms with Crippen LogP contribution in [0, 0.1) is 12.7 Å². The molecule has 0 saturated heterocycles. The van der Waals surface area contributed by atoms with E-state index in [9.17, 15) is 9.50 Å². The van der Waals surface area contributed by atoms with Crippen LogP contribution in [-0.4, -0.2) is 16.1 Å². The van der Waals surface area contributed by atoms with Crippen molar-refractivity contribution < 1.29 is 9.50 Å². The highest BCUT2D eigenvalue weighted by molar-refractivity contribution is 7.99. The van der Waals surface area contributed by atoms with Crippen LogP contribution in [0.1, 0.15) is 49.3 Å². The summed E-state index contributed by atoms with van der Waals surface area (Å²) in [6.07, 6.45) is 5.95. The Morgan fingerprint density at radius 3 is 2.78 bits per heavy atom. The predicted molar refractivity (Wildman–Crippen MR) is 75.4 cm³/mol. The number of aliphatic hydroxyl groups excluding tert-OH is 1. The van der Waals surface area contributed by atoms with Gasteiger partial charge in [0.1, 0.15) is 5.82 Å². The highest BCUT2D eigenvalue weighted by atomic mass is 32.2. The van der Waals surface area contributed by atoms with E-state index < -0.39 is 6.10 Å². The molecule has 1 aromatic rings. The molecule has 2 rings (SSSR count). The molecule has 1 N–H and O–H groups in total. The number of benzene rings is 1. The maximum atomic E-state index is 13.2. The number of thioether (sulfide) groups is 1. The van der Waals surface area contributed by atoms with Crippen molar-refractivity contribution in [3.8, 4) is 0 Å². The summed E-state index contributed by atoms with van der Waals surface area (Å²) >= 11 is 1.84. The molecule has 0 heterocycles. The molecule has 1 unspecified atom stereocenters. The molecule has 0 bridgehead atoms. The fourth-order valence-electron chi connectivity index (χ4n) is 2.52. The first-order chi connectivity index (χ1) is 8.66. The number of rotatable bonds is 4. The number of aliphatic hydroxyl groups is 1. The summed E-state index contributed by atoms with van der Waals surface area (Å²) in [5, 5.41) is 10.9. The molecule has 18 heavy (non-hydrogen) atoms. The first-order valence-corrected chi connectivity index (χ1v) is 7.77. The SMILES string of the molecule is Cc1ccc(F)cc1C(O)CSC1CCCCC1. The van der Waals surface area contributed by atoms with Gasteiger partial charge in [0.15, 0.2) is 0 Å². The molecule has 0 aliphatic heterocycles. The lowest BCUT2D eigenvalue weighted by Crippen LogP contribution is -2.12. The van der Waals surface area contributed by atoms with Crippen molar-refractivity contribution in [1.29, 1.82) is 0 Å². The second kappa shape index (κ2) is 6.58. The van der Waals surface area contributed by atoms with E-state index in [4.69, 9.17) is 0 Å². The molecule has 1 fully saturated rings. The predicted octanol–water partition coefficient (Wildman–Crippen LogP) is 4.23. The molecule has 1 saturated carbocycles. The van der Waals surface area contributed by atoms with E-state index in [0.29, 0.717) is 11.0 Å². The fourth-order valence-corrected chi connectivity index (χ4v) is 3.82. The summed E-state index contributed by atoms with van der Waals surface area (Å²) in [7, 11) is 0. The number of halogens is 1. The second-order valence-electron chi connectivity index (χ2n) is 5.11. The number of aryl methyl sites for hydroxylation is 1. The number of hydrogen-bond acceptors (Lipinski definition) is 2. The molecular weight excluding hydrogens is 247 g/mol. The molecule has 3 heteroatoms. The molecule has 1 aromatic carbocycles. The van der Waals surface area contributed by atoms with Gasteiger partial charge in [-0.25, -0.2) is 4.39 Å². The lowest BCUT2D eigenvalue weighted by atomic mass is 10.0. The van der Waals surface area contributed by atoms with E-state index in [1.165, 1.54) is 44.2 Å². The Hall–Kier alpha value is -0.540. The van der Waals surface area contributed by atoms with E-state index in [-0.39, 0.29) is 5.82 Å². The Morgan fingerprint density at radius 1 is 1.33 bits per heavy atom. The minimum Gasteiger partial charge on any atom is -0.388 e. The fraction of sp³-hybridized carbons (Fsp3) is 0.600. The van der Waals surface area contributed by atoms with Gasteiger partial charge in [0.05, 0.1) is 6.10 Å². The molecule has 1 aliphatic carbocycles. The second-order valence-corrected chi connectivity index (χ2v) is 6.44. The zero-order chi connectivity index (χ0) is 13.0. The maximum absolute atomic E-state index is 13.2. The quantitative estimate of drug-likeness (QED) is 0.881. The summed E-state index contributed by atoms with van der Waals surface area (Å²) in [5.41, 5.74) is 1.70. The van der Waals surface area contributed by atoms with Crippen molar-refractivity contribution in [2.75, 3.05) is 5.75 Å². The van der Waals surface area contributed by atoms with Crippen molar-refractivity contribution in [2.45, 2.75) is 50.4 Å². The highest BCUT2D eigenvalue weighted by Crippen LogP contribution is 2.31. The summed E-state index contributed by atoms with van der Waals surface area (Å²) in [4.78, 5) is 0. The average molecular weight is 268 g/mol. The van der Waals surface area contributed by atoms with Crippen LogP contribution in [0.2, 0.25) is 0 Å². The van der Waals surface area contributed by atoms with Crippen LogP contribution in [0.5, 0.6) is 0 Å². The van der Waals surface area contributed by atoms with Crippen LogP contribution in [0.25, 0.3) is 0 Å². The molecule has 100 valence electrons. The van der Waals surface area contributed by atoms with E-state index >= 15 is 0 Å². The topological polar surface area (TPSA) is 20.2 Å². The zero-order valence-corrected chi connectivity index (χ0v) is 11.7. The third kappa shape index (κ3) is 3.72. The Bertz CT molecular complexity index is 388. The molecular formula is C15H21FOS. The van der Waals surface area contributed by atoms with E-state index in [1.807, 2.05) is 18.7 Å². The number of hydrogen-bond donors (Lipinski definition) is 1. The molecule has 1 aliphatic rings. The van der Waals surface area contributed by atoms with Crippen molar-refractivity contribution in [1.82, 2.24) is 0 Å². The monoisotopic (exact) mass is 268 g/mol. The third-order valence-corrected chi connectivity index (χ3v) is 5.09. The van der Waals surface area contributed by atoms with Gasteiger partial charge in [-0.3, -0.25) is 0 Å². The summed E-state index contributed by atoms with van der Waals surface area (Å²) in [5.74, 6) is 0.409. The van der Waals surface area contributed by atoms with Crippen LogP contribution in [-0.2, 0) is 0 Å². The highest BCUT2D eigenvalue weighted by Gasteiger charge is 2.17. The van der Waals surface area contributed by atoms with Crippen molar-refractivity contribution in [2.24, 2.45) is 0 Å². The minimum absolute atomic E-state index is 0.266. The van der Waals surface area contributed by atoms with Gasteiger partial charge in [0, 0.05) is 11.0 Å². The molecule has 0 radical (unpaired) electrons. The third-order valence-electron chi connectivity index (χ3n) is 3.64. The Kier molecular flexibility index (Phi) is 5.07. The van der Waals surface area contributed by atoms with Gasteiger partial charge in [-0.2, -0.15) is 11.8 Å². The van der Waals surface area contributed by atoms with Crippen LogP contribution in [0.15, 0.2) is 18.2 Å². The van der Waals surface area contributed by atoms with E-state index in [0.717, 1.165) is 11.1 Å². The van der Waals surface area contributed by atoms with Gasteiger partial charge in [0.25, 0.3) is 0 Å². The Labute approximate surface area is 113 Å². The van der Waals surface area contributed by atoms with Gasteiger partial charge < -0.3 is 5.11 Å². The largest absolute Gasteiger partial charge is 0.388 e. The van der Waals surface area contributed by atoms with Gasteiger partial charge in [0.2, 0.25) is 0 Å².